The first kappa shape index (κ1) is 13.7. The zero-order valence-electron chi connectivity index (χ0n) is 10.7. The molecule has 2 rings (SSSR count). The van der Waals surface area contributed by atoms with E-state index in [4.69, 9.17) is 0 Å². The van der Waals surface area contributed by atoms with E-state index in [1.54, 1.807) is 30.6 Å². The van der Waals surface area contributed by atoms with Gasteiger partial charge in [0.2, 0.25) is 0 Å². The molecule has 1 heterocycles. The number of rotatable bonds is 4. The molecule has 2 amide bonds. The summed E-state index contributed by atoms with van der Waals surface area (Å²) in [5.41, 5.74) is 1.78. The molecule has 0 aliphatic rings. The molecule has 0 saturated carbocycles. The van der Waals surface area contributed by atoms with Gasteiger partial charge >= 0.3 is 6.03 Å². The number of aromatic nitrogens is 1. The molecule has 1 aromatic carbocycles. The molecule has 0 atom stereocenters. The van der Waals surface area contributed by atoms with E-state index in [9.17, 15) is 9.18 Å². The lowest BCUT2D eigenvalue weighted by Gasteiger charge is -2.04. The molecule has 0 aliphatic carbocycles. The number of halogens is 1. The van der Waals surface area contributed by atoms with E-state index in [1.165, 1.54) is 18.3 Å². The summed E-state index contributed by atoms with van der Waals surface area (Å²) in [6.07, 6.45) is 6.54. The zero-order valence-corrected chi connectivity index (χ0v) is 10.7. The van der Waals surface area contributed by atoms with E-state index in [-0.39, 0.29) is 11.8 Å². The summed E-state index contributed by atoms with van der Waals surface area (Å²) in [4.78, 5) is 15.4. The Morgan fingerprint density at radius 3 is 2.55 bits per heavy atom. The van der Waals surface area contributed by atoms with Crippen molar-refractivity contribution in [3.8, 4) is 0 Å². The number of benzene rings is 1. The van der Waals surface area contributed by atoms with Gasteiger partial charge < -0.3 is 10.6 Å². The summed E-state index contributed by atoms with van der Waals surface area (Å²) in [7, 11) is 0. The van der Waals surface area contributed by atoms with Crippen LogP contribution in [0.25, 0.3) is 6.08 Å². The van der Waals surface area contributed by atoms with Crippen LogP contribution >= 0.6 is 0 Å². The van der Waals surface area contributed by atoms with E-state index in [0.29, 0.717) is 6.54 Å². The molecule has 0 spiro atoms. The van der Waals surface area contributed by atoms with Crippen molar-refractivity contribution in [3.05, 3.63) is 71.9 Å². The minimum atomic E-state index is -0.305. The van der Waals surface area contributed by atoms with Gasteiger partial charge in [-0.3, -0.25) is 4.98 Å². The highest BCUT2D eigenvalue weighted by Gasteiger charge is 1.97. The first-order valence-electron chi connectivity index (χ1n) is 6.09. The average Bonchev–Trinajstić information content (AvgIpc) is 2.48. The molecule has 0 radical (unpaired) electrons. The number of amides is 2. The van der Waals surface area contributed by atoms with Crippen LogP contribution in [0, 0.1) is 5.82 Å². The van der Waals surface area contributed by atoms with Gasteiger partial charge in [0, 0.05) is 25.1 Å². The third-order valence-electron chi connectivity index (χ3n) is 2.56. The van der Waals surface area contributed by atoms with Crippen LogP contribution in [0.15, 0.2) is 55.0 Å². The van der Waals surface area contributed by atoms with Crippen molar-refractivity contribution >= 4 is 12.1 Å². The van der Waals surface area contributed by atoms with Crippen LogP contribution in [0.4, 0.5) is 9.18 Å². The Labute approximate surface area is 116 Å². The monoisotopic (exact) mass is 271 g/mol. The molecule has 4 nitrogen and oxygen atoms in total. The lowest BCUT2D eigenvalue weighted by atomic mass is 10.2. The number of carbonyl (C=O) groups excluding carboxylic acids is 1. The Hall–Kier alpha value is -2.69. The predicted molar refractivity (Wildman–Crippen MR) is 75.0 cm³/mol. The van der Waals surface area contributed by atoms with Crippen LogP contribution in [0.1, 0.15) is 11.1 Å². The Bertz CT molecular complexity index is 582. The van der Waals surface area contributed by atoms with Gasteiger partial charge in [-0.15, -0.1) is 0 Å². The Balaban J connectivity index is 1.76. The Morgan fingerprint density at radius 1 is 1.15 bits per heavy atom. The molecule has 0 unspecified atom stereocenters. The number of pyridine rings is 1. The van der Waals surface area contributed by atoms with Gasteiger partial charge in [-0.05, 0) is 41.5 Å². The van der Waals surface area contributed by atoms with Gasteiger partial charge in [0.15, 0.2) is 0 Å². The lowest BCUT2D eigenvalue weighted by molar-refractivity contribution is 0.244. The van der Waals surface area contributed by atoms with Gasteiger partial charge in [0.1, 0.15) is 5.82 Å². The fourth-order valence-corrected chi connectivity index (χ4v) is 1.52. The maximum absolute atomic E-state index is 12.7. The molecule has 0 aliphatic heterocycles. The van der Waals surface area contributed by atoms with Crippen LogP contribution in [0.5, 0.6) is 0 Å². The van der Waals surface area contributed by atoms with Crippen LogP contribution in [-0.2, 0) is 6.54 Å². The van der Waals surface area contributed by atoms with Crippen molar-refractivity contribution in [1.82, 2.24) is 15.6 Å². The minimum Gasteiger partial charge on any atom is -0.334 e. The summed E-state index contributed by atoms with van der Waals surface area (Å²) in [5, 5.41) is 5.28. The second kappa shape index (κ2) is 7.04. The highest BCUT2D eigenvalue weighted by Crippen LogP contribution is 2.03. The van der Waals surface area contributed by atoms with Crippen LogP contribution in [-0.4, -0.2) is 11.0 Å². The number of nitrogens with one attached hydrogen (secondary N) is 2. The number of nitrogens with zero attached hydrogens (tertiary/aromatic N) is 1. The first-order chi connectivity index (χ1) is 9.74. The number of urea groups is 1. The van der Waals surface area contributed by atoms with E-state index in [0.717, 1.165) is 11.1 Å². The van der Waals surface area contributed by atoms with Crippen LogP contribution in [0.2, 0.25) is 0 Å². The largest absolute Gasteiger partial charge is 0.334 e. The number of hydrogen-bond donors (Lipinski definition) is 2. The Kier molecular flexibility index (Phi) is 4.83. The van der Waals surface area contributed by atoms with E-state index < -0.39 is 0 Å². The fraction of sp³-hybridized carbons (Fsp3) is 0.0667. The summed E-state index contributed by atoms with van der Waals surface area (Å²) >= 11 is 0. The summed E-state index contributed by atoms with van der Waals surface area (Å²) in [5.74, 6) is -0.287. The highest BCUT2D eigenvalue weighted by atomic mass is 19.1. The number of hydrogen-bond acceptors (Lipinski definition) is 2. The van der Waals surface area contributed by atoms with Crippen molar-refractivity contribution in [2.24, 2.45) is 0 Å². The quantitative estimate of drug-likeness (QED) is 0.898. The smallest absolute Gasteiger partial charge is 0.319 e. The topological polar surface area (TPSA) is 54.0 Å². The summed E-state index contributed by atoms with van der Waals surface area (Å²) in [6, 6.07) is 9.33. The normalized spacial score (nSPS) is 10.4. The van der Waals surface area contributed by atoms with Gasteiger partial charge in [-0.2, -0.15) is 0 Å². The zero-order chi connectivity index (χ0) is 14.2. The van der Waals surface area contributed by atoms with Crippen molar-refractivity contribution < 1.29 is 9.18 Å². The van der Waals surface area contributed by atoms with Gasteiger partial charge in [-0.1, -0.05) is 12.1 Å². The molecule has 102 valence electrons. The number of carbonyl (C=O) groups is 1. The molecular weight excluding hydrogens is 257 g/mol. The van der Waals surface area contributed by atoms with Crippen LogP contribution < -0.4 is 10.6 Å². The second-order valence-electron chi connectivity index (χ2n) is 4.07. The Morgan fingerprint density at radius 2 is 1.85 bits per heavy atom. The standard InChI is InChI=1S/C15H14FN3O/c16-14-3-1-12(2-4-14)7-10-18-15(20)19-11-13-5-8-17-9-6-13/h1-10H,11H2,(H2,18,19,20)/b10-7+. The summed E-state index contributed by atoms with van der Waals surface area (Å²) < 4.78 is 12.7. The second-order valence-corrected chi connectivity index (χ2v) is 4.07. The molecule has 0 fully saturated rings. The predicted octanol–water partition coefficient (Wildman–Crippen LogP) is 2.69. The van der Waals surface area contributed by atoms with Crippen molar-refractivity contribution in [2.45, 2.75) is 6.54 Å². The third-order valence-corrected chi connectivity index (χ3v) is 2.56. The fourth-order valence-electron chi connectivity index (χ4n) is 1.52. The molecule has 0 bridgehead atoms. The molecule has 20 heavy (non-hydrogen) atoms. The molecule has 2 N–H and O–H groups in total. The first-order valence-corrected chi connectivity index (χ1v) is 6.09. The molecule has 0 saturated heterocycles. The molecule has 1 aromatic heterocycles. The van der Waals surface area contributed by atoms with E-state index >= 15 is 0 Å². The maximum Gasteiger partial charge on any atom is 0.319 e. The third kappa shape index (κ3) is 4.53. The minimum absolute atomic E-state index is 0.287. The van der Waals surface area contributed by atoms with Crippen molar-refractivity contribution in [2.75, 3.05) is 0 Å². The highest BCUT2D eigenvalue weighted by molar-refractivity contribution is 5.75. The van der Waals surface area contributed by atoms with Gasteiger partial charge in [0.25, 0.3) is 0 Å². The van der Waals surface area contributed by atoms with Gasteiger partial charge in [-0.25, -0.2) is 9.18 Å². The van der Waals surface area contributed by atoms with Gasteiger partial charge in [0.05, 0.1) is 0 Å². The average molecular weight is 271 g/mol. The molecule has 2 aromatic rings. The van der Waals surface area contributed by atoms with Crippen molar-refractivity contribution in [1.29, 1.82) is 0 Å². The van der Waals surface area contributed by atoms with E-state index in [2.05, 4.69) is 15.6 Å². The maximum atomic E-state index is 12.7. The summed E-state index contributed by atoms with van der Waals surface area (Å²) in [6.45, 7) is 0.429. The lowest BCUT2D eigenvalue weighted by Crippen LogP contribution is -2.31. The van der Waals surface area contributed by atoms with Crippen molar-refractivity contribution in [3.63, 3.8) is 0 Å². The van der Waals surface area contributed by atoms with Crippen LogP contribution in [0.3, 0.4) is 0 Å². The van der Waals surface area contributed by atoms with E-state index in [1.807, 2.05) is 12.1 Å². The molecule has 5 heteroatoms. The molecular formula is C15H14FN3O. The SMILES string of the molecule is O=C(N/C=C/c1ccc(F)cc1)NCc1ccncc1.